The van der Waals surface area contributed by atoms with Crippen molar-refractivity contribution in [2.75, 3.05) is 26.3 Å². The first-order chi connectivity index (χ1) is 9.30. The number of ether oxygens (including phenoxy) is 3. The molecular weight excluding hydrogens is 246 g/mol. The molecule has 0 amide bonds. The Morgan fingerprint density at radius 1 is 1.11 bits per heavy atom. The number of nitrogens with one attached hydrogen (secondary N) is 1. The van der Waals surface area contributed by atoms with Crippen LogP contribution in [0, 0.1) is 0 Å². The zero-order chi connectivity index (χ0) is 12.9. The molecule has 3 aliphatic rings. The standard InChI is InChI=1S/C14H15NO4/c16-13-11-9(14(19-13)3-5-15-6-4-14)1-2-10-12(11)18-8-7-17-10/h1-2,15H,3-8H2. The summed E-state index contributed by atoms with van der Waals surface area (Å²) in [7, 11) is 0. The van der Waals surface area contributed by atoms with Gasteiger partial charge in [0.05, 0.1) is 0 Å². The minimum absolute atomic E-state index is 0.278. The van der Waals surface area contributed by atoms with Crippen LogP contribution in [-0.4, -0.2) is 32.3 Å². The van der Waals surface area contributed by atoms with Crippen molar-refractivity contribution in [2.24, 2.45) is 0 Å². The number of hydrogen-bond acceptors (Lipinski definition) is 5. The maximum absolute atomic E-state index is 12.2. The van der Waals surface area contributed by atoms with Crippen molar-refractivity contribution < 1.29 is 19.0 Å². The van der Waals surface area contributed by atoms with Crippen molar-refractivity contribution in [3.63, 3.8) is 0 Å². The molecule has 1 N–H and O–H groups in total. The summed E-state index contributed by atoms with van der Waals surface area (Å²) < 4.78 is 16.9. The number of fused-ring (bicyclic) bond motifs is 4. The maximum atomic E-state index is 12.2. The Labute approximate surface area is 110 Å². The first-order valence-corrected chi connectivity index (χ1v) is 6.67. The summed E-state index contributed by atoms with van der Waals surface area (Å²) in [4.78, 5) is 12.2. The summed E-state index contributed by atoms with van der Waals surface area (Å²) in [5.74, 6) is 0.927. The summed E-state index contributed by atoms with van der Waals surface area (Å²) in [5, 5.41) is 3.30. The fraction of sp³-hybridized carbons (Fsp3) is 0.500. The Morgan fingerprint density at radius 2 is 1.89 bits per heavy atom. The van der Waals surface area contributed by atoms with Crippen LogP contribution in [0.4, 0.5) is 0 Å². The Hall–Kier alpha value is -1.75. The molecule has 1 aromatic rings. The van der Waals surface area contributed by atoms with Gasteiger partial charge in [-0.1, -0.05) is 6.07 Å². The van der Waals surface area contributed by atoms with Gasteiger partial charge in [0.2, 0.25) is 0 Å². The van der Waals surface area contributed by atoms with Gasteiger partial charge in [-0.05, 0) is 19.2 Å². The van der Waals surface area contributed by atoms with Gasteiger partial charge in [0.25, 0.3) is 0 Å². The molecule has 4 rings (SSSR count). The average molecular weight is 261 g/mol. The molecule has 0 bridgehead atoms. The summed E-state index contributed by atoms with van der Waals surface area (Å²) in [6, 6.07) is 3.85. The highest BCUT2D eigenvalue weighted by molar-refractivity contribution is 5.98. The molecule has 1 aromatic carbocycles. The summed E-state index contributed by atoms with van der Waals surface area (Å²) in [5.41, 5.74) is 1.07. The molecule has 0 aromatic heterocycles. The van der Waals surface area contributed by atoms with Crippen molar-refractivity contribution in [1.82, 2.24) is 5.32 Å². The lowest BCUT2D eigenvalue weighted by molar-refractivity contribution is -0.0242. The van der Waals surface area contributed by atoms with Gasteiger partial charge in [0.15, 0.2) is 11.5 Å². The number of esters is 1. The Bertz CT molecular complexity index is 549. The van der Waals surface area contributed by atoms with Gasteiger partial charge in [0, 0.05) is 18.4 Å². The molecule has 0 aliphatic carbocycles. The van der Waals surface area contributed by atoms with E-state index in [1.165, 1.54) is 0 Å². The SMILES string of the molecule is O=C1OC2(CCNCC2)c2ccc3c(c21)OCCO3. The second-order valence-electron chi connectivity index (χ2n) is 5.15. The monoisotopic (exact) mass is 261 g/mol. The van der Waals surface area contributed by atoms with Gasteiger partial charge in [-0.15, -0.1) is 0 Å². The average Bonchev–Trinajstić information content (AvgIpc) is 2.72. The van der Waals surface area contributed by atoms with Crippen molar-refractivity contribution in [1.29, 1.82) is 0 Å². The number of rotatable bonds is 0. The van der Waals surface area contributed by atoms with Gasteiger partial charge >= 0.3 is 5.97 Å². The molecule has 5 heteroatoms. The van der Waals surface area contributed by atoms with E-state index in [2.05, 4.69) is 5.32 Å². The summed E-state index contributed by atoms with van der Waals surface area (Å²) in [6.07, 6.45) is 1.62. The molecule has 1 fully saturated rings. The van der Waals surface area contributed by atoms with E-state index in [-0.39, 0.29) is 5.97 Å². The largest absolute Gasteiger partial charge is 0.486 e. The summed E-state index contributed by atoms with van der Waals surface area (Å²) >= 11 is 0. The van der Waals surface area contributed by atoms with Gasteiger partial charge in [-0.3, -0.25) is 0 Å². The predicted octanol–water partition coefficient (Wildman–Crippen LogP) is 1.21. The highest BCUT2D eigenvalue weighted by Crippen LogP contribution is 2.49. The number of hydrogen-bond donors (Lipinski definition) is 1. The fourth-order valence-electron chi connectivity index (χ4n) is 3.18. The van der Waals surface area contributed by atoms with Crippen molar-refractivity contribution in [3.8, 4) is 11.5 Å². The number of carbonyl (C=O) groups is 1. The Morgan fingerprint density at radius 3 is 2.74 bits per heavy atom. The van der Waals surface area contributed by atoms with Crippen LogP contribution >= 0.6 is 0 Å². The van der Waals surface area contributed by atoms with Gasteiger partial charge in [0.1, 0.15) is 24.4 Å². The molecule has 100 valence electrons. The lowest BCUT2D eigenvalue weighted by atomic mass is 9.84. The topological polar surface area (TPSA) is 56.8 Å². The third-order valence-electron chi connectivity index (χ3n) is 4.10. The van der Waals surface area contributed by atoms with E-state index in [1.54, 1.807) is 0 Å². The van der Waals surface area contributed by atoms with Crippen molar-refractivity contribution in [3.05, 3.63) is 23.3 Å². The van der Waals surface area contributed by atoms with Crippen LogP contribution in [0.15, 0.2) is 12.1 Å². The van der Waals surface area contributed by atoms with Gasteiger partial charge < -0.3 is 19.5 Å². The quantitative estimate of drug-likeness (QED) is 0.711. The van der Waals surface area contributed by atoms with Crippen LogP contribution in [0.25, 0.3) is 0 Å². The molecular formula is C14H15NO4. The molecule has 3 aliphatic heterocycles. The smallest absolute Gasteiger partial charge is 0.343 e. The summed E-state index contributed by atoms with van der Waals surface area (Å²) in [6.45, 7) is 2.73. The Kier molecular flexibility index (Phi) is 2.26. The van der Waals surface area contributed by atoms with Crippen LogP contribution in [0.3, 0.4) is 0 Å². The zero-order valence-corrected chi connectivity index (χ0v) is 10.5. The van der Waals surface area contributed by atoms with E-state index in [9.17, 15) is 4.79 Å². The van der Waals surface area contributed by atoms with Crippen molar-refractivity contribution >= 4 is 5.97 Å². The van der Waals surface area contributed by atoms with Crippen LogP contribution in [0.1, 0.15) is 28.8 Å². The predicted molar refractivity (Wildman–Crippen MR) is 66.6 cm³/mol. The van der Waals surface area contributed by atoms with E-state index < -0.39 is 5.60 Å². The molecule has 0 atom stereocenters. The van der Waals surface area contributed by atoms with E-state index in [4.69, 9.17) is 14.2 Å². The molecule has 0 radical (unpaired) electrons. The van der Waals surface area contributed by atoms with Crippen LogP contribution < -0.4 is 14.8 Å². The molecule has 1 spiro atoms. The minimum atomic E-state index is -0.465. The van der Waals surface area contributed by atoms with Crippen LogP contribution in [0.2, 0.25) is 0 Å². The van der Waals surface area contributed by atoms with E-state index >= 15 is 0 Å². The number of carbonyl (C=O) groups excluding carboxylic acids is 1. The van der Waals surface area contributed by atoms with Crippen LogP contribution in [0.5, 0.6) is 11.5 Å². The minimum Gasteiger partial charge on any atom is -0.486 e. The highest BCUT2D eigenvalue weighted by atomic mass is 16.6. The maximum Gasteiger partial charge on any atom is 0.343 e. The molecule has 0 unspecified atom stereocenters. The normalized spacial score (nSPS) is 23.1. The Balaban J connectivity index is 1.88. The highest BCUT2D eigenvalue weighted by Gasteiger charge is 2.48. The van der Waals surface area contributed by atoms with E-state index in [0.29, 0.717) is 30.3 Å². The molecule has 5 nitrogen and oxygen atoms in total. The fourth-order valence-corrected chi connectivity index (χ4v) is 3.18. The van der Waals surface area contributed by atoms with Gasteiger partial charge in [-0.2, -0.15) is 0 Å². The third-order valence-corrected chi connectivity index (χ3v) is 4.10. The van der Waals surface area contributed by atoms with Gasteiger partial charge in [-0.25, -0.2) is 4.79 Å². The van der Waals surface area contributed by atoms with E-state index in [1.807, 2.05) is 12.1 Å². The molecule has 0 saturated carbocycles. The molecule has 3 heterocycles. The lowest BCUT2D eigenvalue weighted by Crippen LogP contribution is -2.40. The number of benzene rings is 1. The third kappa shape index (κ3) is 1.48. The first kappa shape index (κ1) is 11.1. The molecule has 19 heavy (non-hydrogen) atoms. The zero-order valence-electron chi connectivity index (χ0n) is 10.5. The first-order valence-electron chi connectivity index (χ1n) is 6.67. The molecule has 1 saturated heterocycles. The second-order valence-corrected chi connectivity index (χ2v) is 5.15. The van der Waals surface area contributed by atoms with Crippen LogP contribution in [-0.2, 0) is 10.3 Å². The number of piperidine rings is 1. The lowest BCUT2D eigenvalue weighted by Gasteiger charge is -2.33. The second kappa shape index (κ2) is 3.87. The van der Waals surface area contributed by atoms with Crippen molar-refractivity contribution in [2.45, 2.75) is 18.4 Å². The van der Waals surface area contributed by atoms with E-state index in [0.717, 1.165) is 31.5 Å².